The highest BCUT2D eigenvalue weighted by Gasteiger charge is 2.38. The molecule has 20 heavy (non-hydrogen) atoms. The maximum Gasteiger partial charge on any atom is 0.249 e. The second-order valence-corrected chi connectivity index (χ2v) is 5.44. The molecule has 2 N–H and O–H groups in total. The van der Waals surface area contributed by atoms with E-state index in [-0.39, 0.29) is 11.7 Å². The first kappa shape index (κ1) is 12.7. The van der Waals surface area contributed by atoms with E-state index in [9.17, 15) is 9.18 Å². The Balaban J connectivity index is 2.21. The van der Waals surface area contributed by atoms with Crippen LogP contribution in [-0.4, -0.2) is 5.91 Å². The highest BCUT2D eigenvalue weighted by molar-refractivity contribution is 5.94. The lowest BCUT2D eigenvalue weighted by molar-refractivity contribution is -0.125. The summed E-state index contributed by atoms with van der Waals surface area (Å²) in [4.78, 5) is 11.7. The van der Waals surface area contributed by atoms with E-state index in [0.29, 0.717) is 11.3 Å². The third-order valence-electron chi connectivity index (χ3n) is 3.76. The van der Waals surface area contributed by atoms with Gasteiger partial charge >= 0.3 is 0 Å². The number of carbonyl (C=O) groups excluding carboxylic acids is 1. The number of nitrogens with one attached hydrogen (secondary N) is 2. The Morgan fingerprint density at radius 3 is 2.55 bits per heavy atom. The molecule has 0 bridgehead atoms. The van der Waals surface area contributed by atoms with E-state index in [0.717, 1.165) is 10.8 Å². The molecular weight excluding hydrogens is 255 g/mol. The Morgan fingerprint density at radius 1 is 1.10 bits per heavy atom. The topological polar surface area (TPSA) is 41.1 Å². The standard InChI is InChI=1S/C16H15FN2O/c1-16(2)14(18-19-15(16)20)9-12-11-6-4-3-5-10(11)7-8-13(12)17/h3-9,18H,1-2H3,(H,19,20)/b14-9-. The SMILES string of the molecule is CC1(C)C(=O)NN/C1=C\c1c(F)ccc2ccccc12. The minimum Gasteiger partial charge on any atom is -0.302 e. The lowest BCUT2D eigenvalue weighted by atomic mass is 9.88. The third-order valence-corrected chi connectivity index (χ3v) is 3.76. The van der Waals surface area contributed by atoms with Crippen LogP contribution in [0.1, 0.15) is 19.4 Å². The Hall–Kier alpha value is -2.36. The molecule has 2 aromatic carbocycles. The molecule has 1 fully saturated rings. The van der Waals surface area contributed by atoms with Crippen LogP contribution in [-0.2, 0) is 4.79 Å². The normalized spacial score (nSPS) is 19.1. The van der Waals surface area contributed by atoms with E-state index in [2.05, 4.69) is 10.9 Å². The zero-order valence-corrected chi connectivity index (χ0v) is 11.3. The number of halogens is 1. The molecule has 1 heterocycles. The van der Waals surface area contributed by atoms with Gasteiger partial charge in [0.2, 0.25) is 5.91 Å². The summed E-state index contributed by atoms with van der Waals surface area (Å²) in [6, 6.07) is 10.8. The van der Waals surface area contributed by atoms with Crippen LogP contribution in [0.2, 0.25) is 0 Å². The van der Waals surface area contributed by atoms with Crippen LogP contribution in [0.4, 0.5) is 4.39 Å². The monoisotopic (exact) mass is 270 g/mol. The summed E-state index contributed by atoms with van der Waals surface area (Å²) in [6.45, 7) is 3.61. The molecule has 1 saturated heterocycles. The summed E-state index contributed by atoms with van der Waals surface area (Å²) in [5.41, 5.74) is 5.87. The van der Waals surface area contributed by atoms with Crippen molar-refractivity contribution in [3.63, 3.8) is 0 Å². The van der Waals surface area contributed by atoms with Crippen LogP contribution in [0, 0.1) is 11.2 Å². The van der Waals surface area contributed by atoms with Gasteiger partial charge in [0.15, 0.2) is 0 Å². The Labute approximate surface area is 116 Å². The second kappa shape index (κ2) is 4.34. The maximum atomic E-state index is 14.1. The van der Waals surface area contributed by atoms with Crippen LogP contribution in [0.25, 0.3) is 16.8 Å². The number of amides is 1. The lowest BCUT2D eigenvalue weighted by Gasteiger charge is -2.15. The lowest BCUT2D eigenvalue weighted by Crippen LogP contribution is -2.28. The van der Waals surface area contributed by atoms with Gasteiger partial charge in [-0.05, 0) is 36.8 Å². The summed E-state index contributed by atoms with van der Waals surface area (Å²) in [7, 11) is 0. The van der Waals surface area contributed by atoms with Crippen molar-refractivity contribution in [2.75, 3.05) is 0 Å². The molecule has 3 rings (SSSR count). The van der Waals surface area contributed by atoms with E-state index in [1.807, 2.05) is 24.3 Å². The molecule has 0 unspecified atom stereocenters. The summed E-state index contributed by atoms with van der Waals surface area (Å²) >= 11 is 0. The van der Waals surface area contributed by atoms with E-state index >= 15 is 0 Å². The molecule has 0 saturated carbocycles. The van der Waals surface area contributed by atoms with Crippen molar-refractivity contribution in [2.45, 2.75) is 13.8 Å². The van der Waals surface area contributed by atoms with E-state index < -0.39 is 5.41 Å². The van der Waals surface area contributed by atoms with Crippen molar-refractivity contribution in [1.82, 2.24) is 10.9 Å². The van der Waals surface area contributed by atoms with Gasteiger partial charge in [-0.25, -0.2) is 4.39 Å². The molecular formula is C16H15FN2O. The molecule has 102 valence electrons. The minimum absolute atomic E-state index is 0.121. The van der Waals surface area contributed by atoms with Gasteiger partial charge in [-0.15, -0.1) is 0 Å². The number of carbonyl (C=O) groups is 1. The molecule has 0 aromatic heterocycles. The Bertz CT molecular complexity index is 734. The Morgan fingerprint density at radius 2 is 1.85 bits per heavy atom. The van der Waals surface area contributed by atoms with Crippen molar-refractivity contribution in [3.8, 4) is 0 Å². The average molecular weight is 270 g/mol. The second-order valence-electron chi connectivity index (χ2n) is 5.44. The average Bonchev–Trinajstić information content (AvgIpc) is 2.68. The molecule has 2 aromatic rings. The van der Waals surface area contributed by atoms with Crippen LogP contribution >= 0.6 is 0 Å². The number of hydrogen-bond donors (Lipinski definition) is 2. The van der Waals surface area contributed by atoms with Gasteiger partial charge in [0, 0.05) is 11.3 Å². The van der Waals surface area contributed by atoms with Gasteiger partial charge < -0.3 is 5.43 Å². The van der Waals surface area contributed by atoms with Crippen LogP contribution in [0.15, 0.2) is 42.1 Å². The summed E-state index contributed by atoms with van der Waals surface area (Å²) < 4.78 is 14.1. The summed E-state index contributed by atoms with van der Waals surface area (Å²) in [5.74, 6) is -0.419. The molecule has 3 nitrogen and oxygen atoms in total. The zero-order chi connectivity index (χ0) is 14.3. The molecule has 1 aliphatic heterocycles. The largest absolute Gasteiger partial charge is 0.302 e. The van der Waals surface area contributed by atoms with Crippen LogP contribution in [0.3, 0.4) is 0 Å². The molecule has 1 aliphatic rings. The van der Waals surface area contributed by atoms with Gasteiger partial charge in [0.1, 0.15) is 5.82 Å². The number of fused-ring (bicyclic) bond motifs is 1. The minimum atomic E-state index is -0.691. The molecule has 0 atom stereocenters. The van der Waals surface area contributed by atoms with Crippen LogP contribution < -0.4 is 10.9 Å². The van der Waals surface area contributed by atoms with Gasteiger partial charge in [-0.2, -0.15) is 0 Å². The zero-order valence-electron chi connectivity index (χ0n) is 11.3. The predicted molar refractivity (Wildman–Crippen MR) is 76.9 cm³/mol. The van der Waals surface area contributed by atoms with Gasteiger partial charge in [-0.1, -0.05) is 30.3 Å². The van der Waals surface area contributed by atoms with Crippen molar-refractivity contribution in [3.05, 3.63) is 53.5 Å². The number of rotatable bonds is 1. The summed E-state index contributed by atoms with van der Waals surface area (Å²) in [5, 5.41) is 1.80. The van der Waals surface area contributed by atoms with Gasteiger partial charge in [0.05, 0.1) is 5.41 Å². The summed E-state index contributed by atoms with van der Waals surface area (Å²) in [6.07, 6.45) is 1.70. The van der Waals surface area contributed by atoms with Gasteiger partial charge in [0.25, 0.3) is 0 Å². The number of benzene rings is 2. The molecule has 0 aliphatic carbocycles. The van der Waals surface area contributed by atoms with E-state index in [4.69, 9.17) is 0 Å². The fraction of sp³-hybridized carbons (Fsp3) is 0.188. The number of hydrogen-bond acceptors (Lipinski definition) is 2. The molecule has 0 radical (unpaired) electrons. The molecule has 0 spiro atoms. The third kappa shape index (κ3) is 1.84. The first-order chi connectivity index (χ1) is 9.50. The van der Waals surface area contributed by atoms with Crippen LogP contribution in [0.5, 0.6) is 0 Å². The first-order valence-corrected chi connectivity index (χ1v) is 6.46. The van der Waals surface area contributed by atoms with E-state index in [1.54, 1.807) is 26.0 Å². The van der Waals surface area contributed by atoms with Gasteiger partial charge in [-0.3, -0.25) is 10.2 Å². The number of hydrazine groups is 1. The van der Waals surface area contributed by atoms with E-state index in [1.165, 1.54) is 6.07 Å². The van der Waals surface area contributed by atoms with Crippen molar-refractivity contribution >= 4 is 22.8 Å². The van der Waals surface area contributed by atoms with Crippen molar-refractivity contribution < 1.29 is 9.18 Å². The molecule has 4 heteroatoms. The smallest absolute Gasteiger partial charge is 0.249 e. The Kier molecular flexibility index (Phi) is 2.74. The fourth-order valence-electron chi connectivity index (χ4n) is 2.34. The predicted octanol–water partition coefficient (Wildman–Crippen LogP) is 2.98. The quantitative estimate of drug-likeness (QED) is 0.836. The first-order valence-electron chi connectivity index (χ1n) is 6.46. The highest BCUT2D eigenvalue weighted by atomic mass is 19.1. The van der Waals surface area contributed by atoms with Crippen molar-refractivity contribution in [2.24, 2.45) is 5.41 Å². The highest BCUT2D eigenvalue weighted by Crippen LogP contribution is 2.32. The fourth-order valence-corrected chi connectivity index (χ4v) is 2.34. The maximum absolute atomic E-state index is 14.1. The van der Waals surface area contributed by atoms with Crippen molar-refractivity contribution in [1.29, 1.82) is 0 Å². The molecule has 1 amide bonds.